The summed E-state index contributed by atoms with van der Waals surface area (Å²) in [5.41, 5.74) is 1.69. The van der Waals surface area contributed by atoms with Crippen molar-refractivity contribution in [2.75, 3.05) is 24.7 Å². The Morgan fingerprint density at radius 3 is 2.68 bits per heavy atom. The molecule has 0 bridgehead atoms. The maximum absolute atomic E-state index is 13.3. The molecule has 2 heterocycles. The molecule has 0 N–H and O–H groups in total. The van der Waals surface area contributed by atoms with E-state index in [1.54, 1.807) is 18.2 Å². The second kappa shape index (κ2) is 8.30. The molecular weight excluding hydrogens is 396 g/mol. The number of anilines is 1. The van der Waals surface area contributed by atoms with Crippen molar-refractivity contribution in [1.29, 1.82) is 0 Å². The van der Waals surface area contributed by atoms with Crippen molar-refractivity contribution in [2.45, 2.75) is 37.3 Å². The molecule has 3 aliphatic rings. The quantitative estimate of drug-likeness (QED) is 0.413. The lowest BCUT2D eigenvalue weighted by atomic mass is 9.86. The summed E-state index contributed by atoms with van der Waals surface area (Å²) in [4.78, 5) is 26.2. The van der Waals surface area contributed by atoms with E-state index in [1.165, 1.54) is 11.6 Å². The third-order valence-electron chi connectivity index (χ3n) is 7.01. The Labute approximate surface area is 181 Å². The van der Waals surface area contributed by atoms with Crippen LogP contribution in [-0.4, -0.2) is 42.8 Å². The van der Waals surface area contributed by atoms with Gasteiger partial charge in [-0.25, -0.2) is 4.79 Å². The molecule has 0 radical (unpaired) electrons. The van der Waals surface area contributed by atoms with Crippen LogP contribution in [0.25, 0.3) is 0 Å². The van der Waals surface area contributed by atoms with Crippen LogP contribution in [0.1, 0.15) is 30.7 Å². The number of para-hydroxylation sites is 2. The molecule has 7 heteroatoms. The van der Waals surface area contributed by atoms with Gasteiger partial charge in [-0.05, 0) is 42.7 Å². The molecule has 1 aliphatic carbocycles. The number of hydrogen-bond donors (Lipinski definition) is 0. The average Bonchev–Trinajstić information content (AvgIpc) is 3.50. The van der Waals surface area contributed by atoms with E-state index in [0.29, 0.717) is 43.7 Å². The minimum absolute atomic E-state index is 0.0249. The molecule has 2 aliphatic heterocycles. The number of carbonyl (C=O) groups excluding carboxylic acids is 1. The first kappa shape index (κ1) is 20.0. The van der Waals surface area contributed by atoms with Gasteiger partial charge in [0.1, 0.15) is 17.8 Å². The van der Waals surface area contributed by atoms with E-state index >= 15 is 0 Å². The van der Waals surface area contributed by atoms with Crippen molar-refractivity contribution in [3.63, 3.8) is 0 Å². The van der Waals surface area contributed by atoms with Gasteiger partial charge in [0.2, 0.25) is 0 Å². The van der Waals surface area contributed by atoms with Crippen molar-refractivity contribution in [3.05, 3.63) is 70.3 Å². The molecule has 2 aromatic rings. The summed E-state index contributed by atoms with van der Waals surface area (Å²) < 4.78 is 11.9. The number of nitrogens with zero attached hydrogens (tertiary/aromatic N) is 2. The first-order chi connectivity index (χ1) is 15.1. The van der Waals surface area contributed by atoms with Gasteiger partial charge in [0.25, 0.3) is 5.69 Å². The van der Waals surface area contributed by atoms with Crippen LogP contribution in [-0.2, 0) is 14.3 Å². The number of nitro groups is 1. The van der Waals surface area contributed by atoms with Crippen LogP contribution < -0.4 is 4.90 Å². The highest BCUT2D eigenvalue weighted by molar-refractivity contribution is 5.82. The zero-order valence-electron chi connectivity index (χ0n) is 17.3. The monoisotopic (exact) mass is 422 g/mol. The lowest BCUT2D eigenvalue weighted by molar-refractivity contribution is -0.384. The van der Waals surface area contributed by atoms with Crippen molar-refractivity contribution in [2.24, 2.45) is 11.8 Å². The summed E-state index contributed by atoms with van der Waals surface area (Å²) in [6, 6.07) is 16.4. The second-order valence-electron chi connectivity index (χ2n) is 8.71. The number of benzene rings is 2. The molecule has 3 fully saturated rings. The molecule has 2 aromatic carbocycles. The number of ether oxygens (including phenoxy) is 2. The third-order valence-corrected chi connectivity index (χ3v) is 7.01. The molecule has 5 atom stereocenters. The first-order valence-corrected chi connectivity index (χ1v) is 11.0. The molecule has 0 unspecified atom stereocenters. The number of carbonyl (C=O) groups is 1. The molecule has 31 heavy (non-hydrogen) atoms. The second-order valence-corrected chi connectivity index (χ2v) is 8.71. The van der Waals surface area contributed by atoms with Crippen LogP contribution in [0.5, 0.6) is 0 Å². The van der Waals surface area contributed by atoms with E-state index in [0.717, 1.165) is 12.8 Å². The fourth-order valence-corrected chi connectivity index (χ4v) is 5.62. The predicted octanol–water partition coefficient (Wildman–Crippen LogP) is 3.93. The summed E-state index contributed by atoms with van der Waals surface area (Å²) >= 11 is 0. The van der Waals surface area contributed by atoms with Gasteiger partial charge >= 0.3 is 5.97 Å². The molecule has 0 aromatic heterocycles. The highest BCUT2D eigenvalue weighted by Gasteiger charge is 2.49. The topological polar surface area (TPSA) is 81.9 Å². The van der Waals surface area contributed by atoms with Gasteiger partial charge in [0, 0.05) is 25.1 Å². The number of nitro benzene ring substituents is 1. The normalized spacial score (nSPS) is 29.7. The standard InChI is InChI=1S/C24H26N2O5/c27-24(21-11-6-12-25(21)19-9-4-5-10-20(19)26(28)29)31-22-13-17-14-30-15-18(17)23(22)16-7-2-1-3-8-16/h1-5,7-10,17-18,21-23H,6,11-15H2/t17-,18+,21+,22-,23-/m1/s1. The number of esters is 1. The predicted molar refractivity (Wildman–Crippen MR) is 115 cm³/mol. The summed E-state index contributed by atoms with van der Waals surface area (Å²) in [6.45, 7) is 2.02. The van der Waals surface area contributed by atoms with Crippen LogP contribution in [0.2, 0.25) is 0 Å². The van der Waals surface area contributed by atoms with Gasteiger partial charge in [-0.3, -0.25) is 10.1 Å². The molecule has 7 nitrogen and oxygen atoms in total. The van der Waals surface area contributed by atoms with Gasteiger partial charge in [-0.1, -0.05) is 42.5 Å². The van der Waals surface area contributed by atoms with Gasteiger partial charge < -0.3 is 14.4 Å². The largest absolute Gasteiger partial charge is 0.460 e. The van der Waals surface area contributed by atoms with E-state index in [2.05, 4.69) is 12.1 Å². The average molecular weight is 422 g/mol. The SMILES string of the molecule is O=C(O[C@@H]1C[C@@H]2COC[C@@H]2[C@H]1c1ccccc1)[C@@H]1CCCN1c1ccccc1[N+](=O)[O-]. The van der Waals surface area contributed by atoms with Gasteiger partial charge in [0.05, 0.1) is 11.5 Å². The van der Waals surface area contributed by atoms with E-state index < -0.39 is 6.04 Å². The lowest BCUT2D eigenvalue weighted by Crippen LogP contribution is -2.40. The van der Waals surface area contributed by atoms with Crippen LogP contribution in [0.4, 0.5) is 11.4 Å². The van der Waals surface area contributed by atoms with Gasteiger partial charge in [0.15, 0.2) is 0 Å². The molecule has 2 saturated heterocycles. The maximum Gasteiger partial charge on any atom is 0.329 e. The number of hydrogen-bond acceptors (Lipinski definition) is 6. The Kier molecular flexibility index (Phi) is 5.36. The fourth-order valence-electron chi connectivity index (χ4n) is 5.62. The zero-order valence-corrected chi connectivity index (χ0v) is 17.3. The molecule has 0 amide bonds. The highest BCUT2D eigenvalue weighted by atomic mass is 16.6. The molecule has 5 rings (SSSR count). The highest BCUT2D eigenvalue weighted by Crippen LogP contribution is 2.48. The van der Waals surface area contributed by atoms with E-state index in [4.69, 9.17) is 9.47 Å². The van der Waals surface area contributed by atoms with Crippen LogP contribution in [0.15, 0.2) is 54.6 Å². The molecule has 1 saturated carbocycles. The van der Waals surface area contributed by atoms with Gasteiger partial charge in [-0.2, -0.15) is 0 Å². The number of rotatable bonds is 5. The Morgan fingerprint density at radius 1 is 1.10 bits per heavy atom. The van der Waals surface area contributed by atoms with E-state index in [-0.39, 0.29) is 28.6 Å². The Balaban J connectivity index is 1.37. The molecular formula is C24H26N2O5. The van der Waals surface area contributed by atoms with E-state index in [1.807, 2.05) is 23.1 Å². The summed E-state index contributed by atoms with van der Waals surface area (Å²) in [7, 11) is 0. The van der Waals surface area contributed by atoms with Crippen LogP contribution in [0, 0.1) is 22.0 Å². The molecule has 0 spiro atoms. The van der Waals surface area contributed by atoms with Crippen molar-refractivity contribution >= 4 is 17.3 Å². The van der Waals surface area contributed by atoms with Crippen molar-refractivity contribution < 1.29 is 19.2 Å². The zero-order chi connectivity index (χ0) is 21.4. The Bertz CT molecular complexity index is 965. The lowest BCUT2D eigenvalue weighted by Gasteiger charge is -2.29. The van der Waals surface area contributed by atoms with Crippen LogP contribution in [0.3, 0.4) is 0 Å². The maximum atomic E-state index is 13.3. The summed E-state index contributed by atoms with van der Waals surface area (Å²) in [5.74, 6) is 0.606. The van der Waals surface area contributed by atoms with E-state index in [9.17, 15) is 14.9 Å². The minimum atomic E-state index is -0.491. The smallest absolute Gasteiger partial charge is 0.329 e. The van der Waals surface area contributed by atoms with Gasteiger partial charge in [-0.15, -0.1) is 0 Å². The fraction of sp³-hybridized carbons (Fsp3) is 0.458. The first-order valence-electron chi connectivity index (χ1n) is 11.0. The summed E-state index contributed by atoms with van der Waals surface area (Å²) in [5, 5.41) is 11.5. The molecule has 162 valence electrons. The summed E-state index contributed by atoms with van der Waals surface area (Å²) in [6.07, 6.45) is 2.05. The third kappa shape index (κ3) is 3.67. The Morgan fingerprint density at radius 2 is 1.87 bits per heavy atom. The van der Waals surface area contributed by atoms with Crippen LogP contribution >= 0.6 is 0 Å². The van der Waals surface area contributed by atoms with Crippen molar-refractivity contribution in [1.82, 2.24) is 0 Å². The minimum Gasteiger partial charge on any atom is -0.460 e. The Hall–Kier alpha value is -2.93. The van der Waals surface area contributed by atoms with Crippen molar-refractivity contribution in [3.8, 4) is 0 Å². The number of fused-ring (bicyclic) bond motifs is 1.